The van der Waals surface area contributed by atoms with Crippen LogP contribution >= 0.6 is 0 Å². The molecule has 0 aromatic carbocycles. The van der Waals surface area contributed by atoms with Crippen LogP contribution in [0.5, 0.6) is 0 Å². The van der Waals surface area contributed by atoms with Crippen LogP contribution in [-0.4, -0.2) is 20.8 Å². The van der Waals surface area contributed by atoms with Crippen LogP contribution < -0.4 is 0 Å². The smallest absolute Gasteiger partial charge is 0.254 e. The van der Waals surface area contributed by atoms with E-state index in [-0.39, 0.29) is 0 Å². The Bertz CT molecular complexity index is 363. The van der Waals surface area contributed by atoms with Gasteiger partial charge in [-0.25, -0.2) is 0 Å². The highest BCUT2D eigenvalue weighted by Crippen LogP contribution is 2.10. The molecule has 0 amide bonds. The van der Waals surface area contributed by atoms with Crippen LogP contribution in [0.1, 0.15) is 71.6 Å². The monoisotopic (exact) mass is 288 g/mol. The molecule has 0 heterocycles. The first kappa shape index (κ1) is 18.5. The van der Waals surface area contributed by atoms with Gasteiger partial charge in [0, 0.05) is 6.42 Å². The molecular weight excluding hydrogens is 260 g/mol. The maximum absolute atomic E-state index is 11.2. The van der Waals surface area contributed by atoms with Crippen LogP contribution in [0, 0.1) is 11.8 Å². The number of hydrogen-bond donors (Lipinski definition) is 0. The Labute approximate surface area is 119 Å². The number of rotatable bonds is 10. The Kier molecular flexibility index (Phi) is 11.0. The largest absolute Gasteiger partial charge is 0.265 e. The SMILES string of the molecule is CCCCCC#CC(CCCCCC)OS(C)(=O)=O. The molecule has 0 radical (unpaired) electrons. The summed E-state index contributed by atoms with van der Waals surface area (Å²) in [6.45, 7) is 4.30. The van der Waals surface area contributed by atoms with E-state index in [0.717, 1.165) is 31.9 Å². The van der Waals surface area contributed by atoms with E-state index in [4.69, 9.17) is 4.18 Å². The minimum atomic E-state index is -3.42. The Balaban J connectivity index is 4.17. The van der Waals surface area contributed by atoms with E-state index in [9.17, 15) is 8.42 Å². The second kappa shape index (κ2) is 11.3. The van der Waals surface area contributed by atoms with Crippen molar-refractivity contribution in [3.05, 3.63) is 0 Å². The van der Waals surface area contributed by atoms with Crippen molar-refractivity contribution in [2.45, 2.75) is 77.7 Å². The molecule has 0 aliphatic carbocycles. The van der Waals surface area contributed by atoms with Gasteiger partial charge in [0.25, 0.3) is 10.1 Å². The molecule has 3 nitrogen and oxygen atoms in total. The predicted molar refractivity (Wildman–Crippen MR) is 80.4 cm³/mol. The molecule has 0 aliphatic rings. The first-order valence-electron chi connectivity index (χ1n) is 7.36. The summed E-state index contributed by atoms with van der Waals surface area (Å²) in [5, 5.41) is 0. The highest BCUT2D eigenvalue weighted by Gasteiger charge is 2.12. The summed E-state index contributed by atoms with van der Waals surface area (Å²) in [4.78, 5) is 0. The van der Waals surface area contributed by atoms with Crippen molar-refractivity contribution in [1.29, 1.82) is 0 Å². The lowest BCUT2D eigenvalue weighted by atomic mass is 10.1. The average Bonchev–Trinajstić information content (AvgIpc) is 2.32. The summed E-state index contributed by atoms with van der Waals surface area (Å²) in [5.74, 6) is 6.01. The molecule has 0 spiro atoms. The summed E-state index contributed by atoms with van der Waals surface area (Å²) in [6.07, 6.45) is 9.99. The van der Waals surface area contributed by atoms with Crippen molar-refractivity contribution in [2.75, 3.05) is 6.26 Å². The third-order valence-corrected chi connectivity index (χ3v) is 3.36. The van der Waals surface area contributed by atoms with E-state index in [0.29, 0.717) is 6.42 Å². The Morgan fingerprint density at radius 2 is 1.63 bits per heavy atom. The molecule has 0 rings (SSSR count). The van der Waals surface area contributed by atoms with E-state index >= 15 is 0 Å². The van der Waals surface area contributed by atoms with Crippen molar-refractivity contribution < 1.29 is 12.6 Å². The summed E-state index contributed by atoms with van der Waals surface area (Å²) in [5.41, 5.74) is 0. The molecule has 0 aromatic heterocycles. The molecular formula is C15H28O3S. The zero-order chi connectivity index (χ0) is 14.6. The molecule has 1 unspecified atom stereocenters. The van der Waals surface area contributed by atoms with Gasteiger partial charge in [0.05, 0.1) is 6.26 Å². The molecule has 1 atom stereocenters. The highest BCUT2D eigenvalue weighted by atomic mass is 32.2. The van der Waals surface area contributed by atoms with Crippen LogP contribution in [0.3, 0.4) is 0 Å². The van der Waals surface area contributed by atoms with Gasteiger partial charge in [-0.15, -0.1) is 5.92 Å². The van der Waals surface area contributed by atoms with Crippen molar-refractivity contribution in [1.82, 2.24) is 0 Å². The topological polar surface area (TPSA) is 43.4 Å². The Morgan fingerprint density at radius 1 is 1.00 bits per heavy atom. The van der Waals surface area contributed by atoms with Crippen molar-refractivity contribution in [3.8, 4) is 11.8 Å². The Morgan fingerprint density at radius 3 is 2.21 bits per heavy atom. The summed E-state index contributed by atoms with van der Waals surface area (Å²) < 4.78 is 27.4. The van der Waals surface area contributed by atoms with E-state index in [1.165, 1.54) is 25.7 Å². The van der Waals surface area contributed by atoms with Crippen LogP contribution in [-0.2, 0) is 14.3 Å². The molecule has 0 bridgehead atoms. The lowest BCUT2D eigenvalue weighted by Crippen LogP contribution is -2.15. The maximum Gasteiger partial charge on any atom is 0.265 e. The molecule has 0 fully saturated rings. The minimum absolute atomic E-state index is 0.464. The molecule has 0 saturated heterocycles. The standard InChI is InChI=1S/C15H28O3S/c1-4-6-8-10-12-14-15(18-19(3,16)17)13-11-9-7-5-2/h15H,4-11,13H2,1-3H3. The zero-order valence-corrected chi connectivity index (χ0v) is 13.4. The van der Waals surface area contributed by atoms with E-state index in [1.807, 2.05) is 0 Å². The molecule has 0 aliphatic heterocycles. The van der Waals surface area contributed by atoms with Gasteiger partial charge in [0.2, 0.25) is 0 Å². The molecule has 0 aromatic rings. The first-order valence-corrected chi connectivity index (χ1v) is 9.18. The fraction of sp³-hybridized carbons (Fsp3) is 0.867. The minimum Gasteiger partial charge on any atom is -0.254 e. The molecule has 19 heavy (non-hydrogen) atoms. The third kappa shape index (κ3) is 13.7. The maximum atomic E-state index is 11.2. The number of hydrogen-bond acceptors (Lipinski definition) is 3. The van der Waals surface area contributed by atoms with Gasteiger partial charge in [-0.3, -0.25) is 4.18 Å². The van der Waals surface area contributed by atoms with Gasteiger partial charge in [0.15, 0.2) is 0 Å². The van der Waals surface area contributed by atoms with Gasteiger partial charge in [-0.2, -0.15) is 8.42 Å². The van der Waals surface area contributed by atoms with Crippen LogP contribution in [0.2, 0.25) is 0 Å². The lowest BCUT2D eigenvalue weighted by Gasteiger charge is -2.09. The second-order valence-corrected chi connectivity index (χ2v) is 6.52. The third-order valence-electron chi connectivity index (χ3n) is 2.78. The quantitative estimate of drug-likeness (QED) is 0.348. The van der Waals surface area contributed by atoms with Crippen LogP contribution in [0.4, 0.5) is 0 Å². The predicted octanol–water partition coefficient (Wildman–Crippen LogP) is 3.89. The molecule has 112 valence electrons. The summed E-state index contributed by atoms with van der Waals surface area (Å²) in [7, 11) is -3.42. The average molecular weight is 288 g/mol. The summed E-state index contributed by atoms with van der Waals surface area (Å²) in [6, 6.07) is 0. The molecule has 4 heteroatoms. The summed E-state index contributed by atoms with van der Waals surface area (Å²) >= 11 is 0. The van der Waals surface area contributed by atoms with E-state index < -0.39 is 16.2 Å². The fourth-order valence-corrected chi connectivity index (χ4v) is 2.33. The van der Waals surface area contributed by atoms with Gasteiger partial charge in [-0.1, -0.05) is 51.9 Å². The van der Waals surface area contributed by atoms with Gasteiger partial charge < -0.3 is 0 Å². The van der Waals surface area contributed by atoms with E-state index in [2.05, 4.69) is 25.7 Å². The number of unbranched alkanes of at least 4 members (excludes halogenated alkanes) is 6. The van der Waals surface area contributed by atoms with Gasteiger partial charge in [0.1, 0.15) is 6.10 Å². The van der Waals surface area contributed by atoms with Crippen molar-refractivity contribution >= 4 is 10.1 Å². The van der Waals surface area contributed by atoms with Crippen molar-refractivity contribution in [2.24, 2.45) is 0 Å². The fourth-order valence-electron chi connectivity index (χ4n) is 1.76. The Hall–Kier alpha value is -0.530. The van der Waals surface area contributed by atoms with Crippen LogP contribution in [0.15, 0.2) is 0 Å². The van der Waals surface area contributed by atoms with Gasteiger partial charge in [-0.05, 0) is 19.3 Å². The highest BCUT2D eigenvalue weighted by molar-refractivity contribution is 7.86. The zero-order valence-electron chi connectivity index (χ0n) is 12.6. The molecule has 0 N–H and O–H groups in total. The first-order chi connectivity index (χ1) is 8.99. The molecule has 0 saturated carbocycles. The normalized spacial score (nSPS) is 12.8. The lowest BCUT2D eigenvalue weighted by molar-refractivity contribution is 0.251. The van der Waals surface area contributed by atoms with Crippen LogP contribution in [0.25, 0.3) is 0 Å². The van der Waals surface area contributed by atoms with Gasteiger partial charge >= 0.3 is 0 Å². The van der Waals surface area contributed by atoms with Crippen molar-refractivity contribution in [3.63, 3.8) is 0 Å². The van der Waals surface area contributed by atoms with E-state index in [1.54, 1.807) is 0 Å². The second-order valence-electron chi connectivity index (χ2n) is 4.92.